The Balaban J connectivity index is 1.12. The second kappa shape index (κ2) is 11.7. The number of H-pyrrole nitrogens is 1. The molecule has 0 amide bonds. The number of nitrogens with one attached hydrogen (secondary N) is 1. The summed E-state index contributed by atoms with van der Waals surface area (Å²) in [7, 11) is 2.22. The fourth-order valence-corrected chi connectivity index (χ4v) is 6.81. The van der Waals surface area contributed by atoms with Crippen LogP contribution in [0.5, 0.6) is 0 Å². The Hall–Kier alpha value is -4.14. The van der Waals surface area contributed by atoms with Crippen molar-refractivity contribution < 1.29 is 13.2 Å². The molecule has 5 aromatic rings. The van der Waals surface area contributed by atoms with Crippen LogP contribution >= 0.6 is 0 Å². The summed E-state index contributed by atoms with van der Waals surface area (Å²) in [5.74, 6) is 0. The molecule has 2 aromatic heterocycles. The average Bonchev–Trinajstić information content (AvgIpc) is 3.43. The second-order valence-electron chi connectivity index (χ2n) is 12.0. The van der Waals surface area contributed by atoms with Gasteiger partial charge in [0.15, 0.2) is 0 Å². The van der Waals surface area contributed by atoms with E-state index in [0.717, 1.165) is 71.3 Å². The van der Waals surface area contributed by atoms with Gasteiger partial charge in [-0.3, -0.25) is 4.90 Å². The maximum absolute atomic E-state index is 13.6. The average molecular weight is 596 g/mol. The molecule has 7 rings (SSSR count). The van der Waals surface area contributed by atoms with Gasteiger partial charge < -0.3 is 14.8 Å². The largest absolute Gasteiger partial charge is 0.416 e. The van der Waals surface area contributed by atoms with Gasteiger partial charge in [-0.25, -0.2) is 4.98 Å². The molecule has 2 saturated heterocycles. The van der Waals surface area contributed by atoms with Crippen molar-refractivity contribution in [1.82, 2.24) is 19.8 Å². The lowest BCUT2D eigenvalue weighted by Crippen LogP contribution is -2.52. The van der Waals surface area contributed by atoms with Gasteiger partial charge in [0.1, 0.15) is 5.65 Å². The number of anilines is 1. The summed E-state index contributed by atoms with van der Waals surface area (Å²) in [6, 6.07) is 23.3. The molecule has 0 unspecified atom stereocenters. The Morgan fingerprint density at radius 1 is 0.795 bits per heavy atom. The van der Waals surface area contributed by atoms with Gasteiger partial charge in [0.2, 0.25) is 0 Å². The van der Waals surface area contributed by atoms with Crippen LogP contribution in [0.2, 0.25) is 0 Å². The number of rotatable bonds is 5. The SMILES string of the molecule is CN1CCC(N2CCN(c3ccc(-c4ccc5[nH]c6nccc(/C=C/c7ccccc7C(F)(F)F)c6c5c4)cc3)CC2)CC1. The summed E-state index contributed by atoms with van der Waals surface area (Å²) >= 11 is 0. The number of likely N-dealkylation sites (tertiary alicyclic amines) is 1. The maximum Gasteiger partial charge on any atom is 0.416 e. The highest BCUT2D eigenvalue weighted by Gasteiger charge is 2.32. The Kier molecular flexibility index (Phi) is 7.64. The van der Waals surface area contributed by atoms with E-state index < -0.39 is 11.7 Å². The smallest absolute Gasteiger partial charge is 0.369 e. The number of benzene rings is 3. The number of hydrogen-bond acceptors (Lipinski definition) is 4. The Morgan fingerprint density at radius 3 is 2.25 bits per heavy atom. The molecule has 2 aliphatic rings. The van der Waals surface area contributed by atoms with Gasteiger partial charge in [-0.1, -0.05) is 48.6 Å². The molecule has 2 aliphatic heterocycles. The predicted octanol–water partition coefficient (Wildman–Crippen LogP) is 7.79. The van der Waals surface area contributed by atoms with Crippen LogP contribution in [0.3, 0.4) is 0 Å². The highest BCUT2D eigenvalue weighted by atomic mass is 19.4. The first kappa shape index (κ1) is 28.6. The number of hydrogen-bond donors (Lipinski definition) is 1. The number of fused-ring (bicyclic) bond motifs is 3. The zero-order valence-electron chi connectivity index (χ0n) is 24.8. The van der Waals surface area contributed by atoms with E-state index in [-0.39, 0.29) is 5.56 Å². The van der Waals surface area contributed by atoms with Crippen LogP contribution in [0.25, 0.3) is 45.2 Å². The van der Waals surface area contributed by atoms with E-state index in [2.05, 4.69) is 74.2 Å². The van der Waals surface area contributed by atoms with Crippen LogP contribution < -0.4 is 4.90 Å². The molecular formula is C36H36F3N5. The van der Waals surface area contributed by atoms with Gasteiger partial charge in [0, 0.05) is 60.4 Å². The van der Waals surface area contributed by atoms with Gasteiger partial charge in [0.05, 0.1) is 5.56 Å². The van der Waals surface area contributed by atoms with Gasteiger partial charge >= 0.3 is 6.18 Å². The van der Waals surface area contributed by atoms with Gasteiger partial charge in [0.25, 0.3) is 0 Å². The number of piperazine rings is 1. The summed E-state index contributed by atoms with van der Waals surface area (Å²) in [5.41, 5.74) is 5.39. The van der Waals surface area contributed by atoms with Crippen molar-refractivity contribution in [3.8, 4) is 11.1 Å². The highest BCUT2D eigenvalue weighted by Crippen LogP contribution is 2.35. The molecule has 0 spiro atoms. The first-order chi connectivity index (χ1) is 21.3. The van der Waals surface area contributed by atoms with Crippen molar-refractivity contribution in [2.75, 3.05) is 51.2 Å². The molecule has 0 saturated carbocycles. The predicted molar refractivity (Wildman–Crippen MR) is 174 cm³/mol. The highest BCUT2D eigenvalue weighted by molar-refractivity contribution is 6.11. The van der Waals surface area contributed by atoms with Crippen molar-refractivity contribution in [2.24, 2.45) is 0 Å². The van der Waals surface area contributed by atoms with E-state index in [1.54, 1.807) is 18.3 Å². The molecule has 4 heterocycles. The number of pyridine rings is 1. The van der Waals surface area contributed by atoms with Crippen molar-refractivity contribution in [3.05, 3.63) is 95.7 Å². The minimum Gasteiger partial charge on any atom is -0.369 e. The van der Waals surface area contributed by atoms with Crippen molar-refractivity contribution in [1.29, 1.82) is 0 Å². The Morgan fingerprint density at radius 2 is 1.50 bits per heavy atom. The lowest BCUT2D eigenvalue weighted by atomic mass is 10.0. The van der Waals surface area contributed by atoms with Crippen LogP contribution in [0.1, 0.15) is 29.5 Å². The molecule has 2 fully saturated rings. The van der Waals surface area contributed by atoms with Crippen molar-refractivity contribution in [2.45, 2.75) is 25.1 Å². The molecule has 8 heteroatoms. The van der Waals surface area contributed by atoms with Crippen LogP contribution in [0.15, 0.2) is 79.0 Å². The number of aromatic amines is 1. The number of halogens is 3. The Labute approximate surface area is 255 Å². The maximum atomic E-state index is 13.6. The third kappa shape index (κ3) is 5.72. The number of aromatic nitrogens is 2. The third-order valence-electron chi connectivity index (χ3n) is 9.32. The van der Waals surface area contributed by atoms with Crippen LogP contribution in [-0.4, -0.2) is 72.1 Å². The minimum atomic E-state index is -4.42. The second-order valence-corrected chi connectivity index (χ2v) is 12.0. The molecule has 0 bridgehead atoms. The topological polar surface area (TPSA) is 38.4 Å². The van der Waals surface area contributed by atoms with Crippen LogP contribution in [0.4, 0.5) is 18.9 Å². The molecule has 44 heavy (non-hydrogen) atoms. The standard InChI is InChI=1S/C36H36F3N5/c1-42-18-15-30(16-19-42)44-22-20-43(21-23-44)29-11-8-25(9-12-29)28-10-13-33-31(24-28)34-27(14-17-40-35(34)41-33)7-6-26-4-2-3-5-32(26)36(37,38)39/h2-14,17,24,30H,15-16,18-23H2,1H3,(H,40,41)/b7-6+. The third-order valence-corrected chi connectivity index (χ3v) is 9.32. The van der Waals surface area contributed by atoms with E-state index in [0.29, 0.717) is 5.65 Å². The first-order valence-electron chi connectivity index (χ1n) is 15.4. The summed E-state index contributed by atoms with van der Waals surface area (Å²) in [5, 5.41) is 1.88. The van der Waals surface area contributed by atoms with Gasteiger partial charge in [-0.05, 0) is 91.6 Å². The molecule has 0 atom stereocenters. The Bertz CT molecular complexity index is 1790. The quantitative estimate of drug-likeness (QED) is 0.225. The molecule has 3 aromatic carbocycles. The first-order valence-corrected chi connectivity index (χ1v) is 15.4. The number of alkyl halides is 3. The van der Waals surface area contributed by atoms with Crippen molar-refractivity contribution >= 4 is 39.8 Å². The fraction of sp³-hybridized carbons (Fsp3) is 0.306. The van der Waals surface area contributed by atoms with E-state index in [1.165, 1.54) is 49.8 Å². The van der Waals surface area contributed by atoms with Crippen LogP contribution in [0, 0.1) is 0 Å². The van der Waals surface area contributed by atoms with E-state index in [1.807, 2.05) is 6.07 Å². The van der Waals surface area contributed by atoms with Crippen LogP contribution in [-0.2, 0) is 6.18 Å². The number of piperidine rings is 1. The summed E-state index contributed by atoms with van der Waals surface area (Å²) in [4.78, 5) is 15.5. The van der Waals surface area contributed by atoms with E-state index >= 15 is 0 Å². The molecule has 5 nitrogen and oxygen atoms in total. The van der Waals surface area contributed by atoms with Crippen molar-refractivity contribution in [3.63, 3.8) is 0 Å². The van der Waals surface area contributed by atoms with E-state index in [9.17, 15) is 13.2 Å². The zero-order chi connectivity index (χ0) is 30.3. The van der Waals surface area contributed by atoms with Gasteiger partial charge in [-0.15, -0.1) is 0 Å². The van der Waals surface area contributed by atoms with E-state index in [4.69, 9.17) is 0 Å². The lowest BCUT2D eigenvalue weighted by molar-refractivity contribution is -0.137. The van der Waals surface area contributed by atoms with Gasteiger partial charge in [-0.2, -0.15) is 13.2 Å². The monoisotopic (exact) mass is 595 g/mol. The molecule has 0 radical (unpaired) electrons. The number of nitrogens with zero attached hydrogens (tertiary/aromatic N) is 4. The molecular weight excluding hydrogens is 559 g/mol. The lowest BCUT2D eigenvalue weighted by Gasteiger charge is -2.42. The normalized spacial score (nSPS) is 17.8. The summed E-state index contributed by atoms with van der Waals surface area (Å²) in [6.07, 6.45) is 3.08. The summed E-state index contributed by atoms with van der Waals surface area (Å²) < 4.78 is 40.7. The fourth-order valence-electron chi connectivity index (χ4n) is 6.81. The minimum absolute atomic E-state index is 0.133. The zero-order valence-corrected chi connectivity index (χ0v) is 24.8. The molecule has 1 N–H and O–H groups in total. The molecule has 0 aliphatic carbocycles. The molecule has 226 valence electrons. The summed E-state index contributed by atoms with van der Waals surface area (Å²) in [6.45, 7) is 6.71.